The first-order chi connectivity index (χ1) is 11.5. The first-order valence-electron chi connectivity index (χ1n) is 6.84. The van der Waals surface area contributed by atoms with Crippen LogP contribution in [0.25, 0.3) is 0 Å². The average molecular weight is 366 g/mol. The Balaban J connectivity index is 1.70. The lowest BCUT2D eigenvalue weighted by molar-refractivity contribution is 0.102. The van der Waals surface area contributed by atoms with Crippen molar-refractivity contribution in [1.82, 2.24) is 10.2 Å². The molecule has 2 aromatic carbocycles. The average Bonchev–Trinajstić information content (AvgIpc) is 2.99. The van der Waals surface area contributed by atoms with Crippen LogP contribution in [0.4, 0.5) is 10.4 Å². The van der Waals surface area contributed by atoms with E-state index in [2.05, 4.69) is 15.5 Å². The van der Waals surface area contributed by atoms with Crippen molar-refractivity contribution in [2.75, 3.05) is 5.32 Å². The predicted octanol–water partition coefficient (Wildman–Crippen LogP) is 4.36. The fourth-order valence-corrected chi connectivity index (χ4v) is 2.36. The number of amides is 1. The maximum absolute atomic E-state index is 12.9. The van der Waals surface area contributed by atoms with Crippen LogP contribution in [0.1, 0.15) is 21.8 Å². The van der Waals surface area contributed by atoms with Gasteiger partial charge in [-0.3, -0.25) is 10.1 Å². The van der Waals surface area contributed by atoms with Gasteiger partial charge in [-0.25, -0.2) is 4.39 Å². The normalized spacial score (nSPS) is 10.6. The van der Waals surface area contributed by atoms with E-state index in [1.807, 2.05) is 0 Å². The highest BCUT2D eigenvalue weighted by Gasteiger charge is 2.15. The highest BCUT2D eigenvalue weighted by molar-refractivity contribution is 6.36. The van der Waals surface area contributed by atoms with Crippen LogP contribution in [0.3, 0.4) is 0 Å². The molecule has 0 radical (unpaired) electrons. The van der Waals surface area contributed by atoms with E-state index >= 15 is 0 Å². The Hall–Kier alpha value is -2.44. The molecular formula is C16H10Cl2FN3O2. The first kappa shape index (κ1) is 16.4. The van der Waals surface area contributed by atoms with Crippen molar-refractivity contribution in [3.63, 3.8) is 0 Å². The van der Waals surface area contributed by atoms with Gasteiger partial charge in [0.25, 0.3) is 5.91 Å². The second-order valence-electron chi connectivity index (χ2n) is 4.88. The van der Waals surface area contributed by atoms with Gasteiger partial charge < -0.3 is 4.42 Å². The van der Waals surface area contributed by atoms with Crippen LogP contribution in [-0.4, -0.2) is 16.1 Å². The SMILES string of the molecule is O=C(Nc1nnc(Cc2ccc(F)cc2)o1)c1cc(Cl)ccc1Cl. The summed E-state index contributed by atoms with van der Waals surface area (Å²) in [6, 6.07) is 10.4. The van der Waals surface area contributed by atoms with Crippen molar-refractivity contribution in [3.8, 4) is 0 Å². The summed E-state index contributed by atoms with van der Waals surface area (Å²) in [6.07, 6.45) is 0.321. The van der Waals surface area contributed by atoms with Gasteiger partial charge in [-0.15, -0.1) is 5.10 Å². The maximum Gasteiger partial charge on any atom is 0.322 e. The molecule has 0 bridgehead atoms. The van der Waals surface area contributed by atoms with Gasteiger partial charge in [0, 0.05) is 5.02 Å². The molecule has 0 saturated carbocycles. The molecule has 122 valence electrons. The van der Waals surface area contributed by atoms with E-state index in [0.717, 1.165) is 5.56 Å². The van der Waals surface area contributed by atoms with Crippen molar-refractivity contribution < 1.29 is 13.6 Å². The van der Waals surface area contributed by atoms with Gasteiger partial charge in [0.2, 0.25) is 5.89 Å². The number of hydrogen-bond donors (Lipinski definition) is 1. The van der Waals surface area contributed by atoms with Crippen LogP contribution in [0.15, 0.2) is 46.9 Å². The lowest BCUT2D eigenvalue weighted by Gasteiger charge is -2.03. The van der Waals surface area contributed by atoms with Gasteiger partial charge in [-0.1, -0.05) is 40.4 Å². The Morgan fingerprint density at radius 3 is 2.62 bits per heavy atom. The molecule has 1 N–H and O–H groups in total. The number of anilines is 1. The number of rotatable bonds is 4. The van der Waals surface area contributed by atoms with Crippen LogP contribution < -0.4 is 5.32 Å². The predicted molar refractivity (Wildman–Crippen MR) is 87.9 cm³/mol. The van der Waals surface area contributed by atoms with Crippen LogP contribution in [-0.2, 0) is 6.42 Å². The number of aromatic nitrogens is 2. The van der Waals surface area contributed by atoms with Crippen LogP contribution in [0.5, 0.6) is 0 Å². The fraction of sp³-hybridized carbons (Fsp3) is 0.0625. The Labute approximate surface area is 146 Å². The quantitative estimate of drug-likeness (QED) is 0.745. The monoisotopic (exact) mass is 365 g/mol. The molecule has 0 spiro atoms. The summed E-state index contributed by atoms with van der Waals surface area (Å²) in [6.45, 7) is 0. The summed E-state index contributed by atoms with van der Waals surface area (Å²) < 4.78 is 18.2. The minimum absolute atomic E-state index is 0.0619. The smallest absolute Gasteiger partial charge is 0.322 e. The highest BCUT2D eigenvalue weighted by Crippen LogP contribution is 2.22. The number of halogens is 3. The molecular weight excluding hydrogens is 356 g/mol. The number of hydrogen-bond acceptors (Lipinski definition) is 4. The van der Waals surface area contributed by atoms with E-state index in [1.165, 1.54) is 24.3 Å². The van der Waals surface area contributed by atoms with E-state index in [9.17, 15) is 9.18 Å². The van der Waals surface area contributed by atoms with Crippen molar-refractivity contribution in [2.45, 2.75) is 6.42 Å². The zero-order valence-corrected chi connectivity index (χ0v) is 13.6. The molecule has 5 nitrogen and oxygen atoms in total. The number of benzene rings is 2. The minimum Gasteiger partial charge on any atom is -0.407 e. The molecule has 1 heterocycles. The molecule has 0 saturated heterocycles. The Kier molecular flexibility index (Phi) is 4.78. The van der Waals surface area contributed by atoms with Gasteiger partial charge in [0.15, 0.2) is 0 Å². The second kappa shape index (κ2) is 6.98. The zero-order chi connectivity index (χ0) is 17.1. The third kappa shape index (κ3) is 3.90. The summed E-state index contributed by atoms with van der Waals surface area (Å²) >= 11 is 11.8. The number of carbonyl (C=O) groups excluding carboxylic acids is 1. The standard InChI is InChI=1S/C16H10Cl2FN3O2/c17-10-3-6-13(18)12(8-10)15(23)20-16-22-21-14(24-16)7-9-1-4-11(19)5-2-9/h1-6,8H,7H2,(H,20,22,23). The number of carbonyl (C=O) groups is 1. The minimum atomic E-state index is -0.514. The molecule has 0 fully saturated rings. The molecule has 0 aliphatic rings. The third-order valence-corrected chi connectivity index (χ3v) is 3.69. The summed E-state index contributed by atoms with van der Waals surface area (Å²) in [5.74, 6) is -0.552. The molecule has 24 heavy (non-hydrogen) atoms. The topological polar surface area (TPSA) is 68.0 Å². The van der Waals surface area contributed by atoms with Crippen molar-refractivity contribution in [3.05, 3.63) is 75.3 Å². The van der Waals surface area contributed by atoms with Gasteiger partial charge >= 0.3 is 6.01 Å². The van der Waals surface area contributed by atoms with Gasteiger partial charge in [0.05, 0.1) is 17.0 Å². The molecule has 0 aliphatic carbocycles. The molecule has 0 unspecified atom stereocenters. The second-order valence-corrected chi connectivity index (χ2v) is 5.73. The lowest BCUT2D eigenvalue weighted by atomic mass is 10.1. The summed E-state index contributed by atoms with van der Waals surface area (Å²) in [7, 11) is 0. The van der Waals surface area contributed by atoms with Gasteiger partial charge in [-0.05, 0) is 35.9 Å². The molecule has 3 aromatic rings. The van der Waals surface area contributed by atoms with Crippen LogP contribution >= 0.6 is 23.2 Å². The van der Waals surface area contributed by atoms with Crippen LogP contribution in [0.2, 0.25) is 10.0 Å². The Morgan fingerprint density at radius 1 is 1.12 bits per heavy atom. The maximum atomic E-state index is 12.9. The van der Waals surface area contributed by atoms with Crippen molar-refractivity contribution in [2.24, 2.45) is 0 Å². The van der Waals surface area contributed by atoms with E-state index in [0.29, 0.717) is 11.4 Å². The Morgan fingerprint density at radius 2 is 1.88 bits per heavy atom. The lowest BCUT2D eigenvalue weighted by Crippen LogP contribution is -2.12. The summed E-state index contributed by atoms with van der Waals surface area (Å²) in [4.78, 5) is 12.2. The van der Waals surface area contributed by atoms with Gasteiger partial charge in [0.1, 0.15) is 5.82 Å². The van der Waals surface area contributed by atoms with Gasteiger partial charge in [-0.2, -0.15) is 0 Å². The number of nitrogens with one attached hydrogen (secondary N) is 1. The van der Waals surface area contributed by atoms with Crippen LogP contribution in [0, 0.1) is 5.82 Å². The fourth-order valence-electron chi connectivity index (χ4n) is 1.99. The van der Waals surface area contributed by atoms with E-state index in [1.54, 1.807) is 18.2 Å². The van der Waals surface area contributed by atoms with E-state index < -0.39 is 5.91 Å². The summed E-state index contributed by atoms with van der Waals surface area (Å²) in [5, 5.41) is 10.7. The summed E-state index contributed by atoms with van der Waals surface area (Å²) in [5.41, 5.74) is 0.998. The third-order valence-electron chi connectivity index (χ3n) is 3.13. The molecule has 3 rings (SSSR count). The molecule has 1 aromatic heterocycles. The van der Waals surface area contributed by atoms with E-state index in [-0.39, 0.29) is 28.3 Å². The van der Waals surface area contributed by atoms with Crippen molar-refractivity contribution >= 4 is 35.1 Å². The molecule has 8 heteroatoms. The molecule has 1 amide bonds. The Bertz CT molecular complexity index is 881. The molecule has 0 atom stereocenters. The largest absolute Gasteiger partial charge is 0.407 e. The number of nitrogens with zero attached hydrogens (tertiary/aromatic N) is 2. The van der Waals surface area contributed by atoms with Crippen molar-refractivity contribution in [1.29, 1.82) is 0 Å². The first-order valence-corrected chi connectivity index (χ1v) is 7.60. The zero-order valence-electron chi connectivity index (χ0n) is 12.1. The highest BCUT2D eigenvalue weighted by atomic mass is 35.5. The molecule has 0 aliphatic heterocycles. The van der Waals surface area contributed by atoms with E-state index in [4.69, 9.17) is 27.6 Å².